The molecule has 0 fully saturated rings. The quantitative estimate of drug-likeness (QED) is 0.340. The number of carboxylic acid groups (broad SMARTS) is 1. The van der Waals surface area contributed by atoms with Crippen LogP contribution in [0.5, 0.6) is 23.0 Å². The van der Waals surface area contributed by atoms with Crippen LogP contribution in [0.2, 0.25) is 0 Å². The van der Waals surface area contributed by atoms with Gasteiger partial charge in [0.25, 0.3) is 0 Å². The van der Waals surface area contributed by atoms with Crippen LogP contribution in [0.1, 0.15) is 63.0 Å². The molecule has 0 aliphatic carbocycles. The minimum atomic E-state index is -0.666. The molecule has 178 valence electrons. The van der Waals surface area contributed by atoms with Crippen LogP contribution < -0.4 is 9.47 Å². The number of aliphatic carboxylic acids is 1. The Morgan fingerprint density at radius 3 is 1.69 bits per heavy atom. The van der Waals surface area contributed by atoms with Gasteiger partial charge in [0.15, 0.2) is 23.0 Å². The first-order valence-electron chi connectivity index (χ1n) is 10.9. The zero-order valence-electron chi connectivity index (χ0n) is 19.3. The first kappa shape index (κ1) is 27.1. The molecule has 0 aromatic heterocycles. The van der Waals surface area contributed by atoms with Crippen LogP contribution in [0, 0.1) is 0 Å². The summed E-state index contributed by atoms with van der Waals surface area (Å²) in [5.74, 6) is 0.374. The molecule has 0 spiro atoms. The Kier molecular flexibility index (Phi) is 13.4. The van der Waals surface area contributed by atoms with E-state index in [-0.39, 0.29) is 11.5 Å². The number of phenols is 2. The monoisotopic (exact) mass is 448 g/mol. The minimum absolute atomic E-state index is 0.101. The fraction of sp³-hybridized carbons (Fsp3) is 0.480. The molecule has 2 aromatic rings. The van der Waals surface area contributed by atoms with Gasteiger partial charge in [0.05, 0.1) is 27.4 Å². The third-order valence-electron chi connectivity index (χ3n) is 4.77. The van der Waals surface area contributed by atoms with Gasteiger partial charge in [-0.05, 0) is 41.8 Å². The normalized spacial score (nSPS) is 10.2. The lowest BCUT2D eigenvalue weighted by Crippen LogP contribution is -1.96. The van der Waals surface area contributed by atoms with E-state index in [9.17, 15) is 15.0 Å². The second-order valence-electron chi connectivity index (χ2n) is 7.42. The number of methoxy groups -OCH3 is 2. The molecule has 2 rings (SSSR count). The summed E-state index contributed by atoms with van der Waals surface area (Å²) in [5.41, 5.74) is 1.80. The van der Waals surface area contributed by atoms with Gasteiger partial charge in [-0.2, -0.15) is 0 Å². The van der Waals surface area contributed by atoms with E-state index in [0.717, 1.165) is 24.0 Å². The number of ether oxygens (including phenoxy) is 3. The van der Waals surface area contributed by atoms with Gasteiger partial charge in [0.1, 0.15) is 0 Å². The van der Waals surface area contributed by atoms with Crippen molar-refractivity contribution in [3.05, 3.63) is 47.5 Å². The molecular formula is C25H36O7. The summed E-state index contributed by atoms with van der Waals surface area (Å²) in [5, 5.41) is 27.4. The molecule has 0 saturated heterocycles. The highest BCUT2D eigenvalue weighted by Gasteiger charge is 2.05. The summed E-state index contributed by atoms with van der Waals surface area (Å²) in [4.78, 5) is 10.1. The number of aromatic hydroxyl groups is 2. The Bertz CT molecular complexity index is 751. The van der Waals surface area contributed by atoms with Crippen LogP contribution in [0.15, 0.2) is 36.4 Å². The van der Waals surface area contributed by atoms with Gasteiger partial charge >= 0.3 is 5.97 Å². The lowest BCUT2D eigenvalue weighted by atomic mass is 10.1. The van der Waals surface area contributed by atoms with Crippen molar-refractivity contribution in [3.63, 3.8) is 0 Å². The van der Waals surface area contributed by atoms with Crippen molar-refractivity contribution < 1.29 is 34.3 Å². The highest BCUT2D eigenvalue weighted by atomic mass is 16.5. The zero-order chi connectivity index (χ0) is 23.8. The van der Waals surface area contributed by atoms with Crippen LogP contribution >= 0.6 is 0 Å². The second-order valence-corrected chi connectivity index (χ2v) is 7.42. The van der Waals surface area contributed by atoms with Gasteiger partial charge in [-0.1, -0.05) is 51.2 Å². The fourth-order valence-corrected chi connectivity index (χ4v) is 2.97. The Morgan fingerprint density at radius 2 is 1.25 bits per heavy atom. The number of benzene rings is 2. The molecule has 0 bridgehead atoms. The van der Waals surface area contributed by atoms with Gasteiger partial charge < -0.3 is 29.5 Å². The summed E-state index contributed by atoms with van der Waals surface area (Å²) >= 11 is 0. The number of hydrogen-bond donors (Lipinski definition) is 3. The number of unbranched alkanes of at least 4 members (excludes halogenated alkanes) is 5. The molecule has 0 radical (unpaired) electrons. The summed E-state index contributed by atoms with van der Waals surface area (Å²) in [6.07, 6.45) is 7.25. The van der Waals surface area contributed by atoms with E-state index in [0.29, 0.717) is 31.1 Å². The van der Waals surface area contributed by atoms with Crippen LogP contribution in [-0.4, -0.2) is 35.5 Å². The number of carboxylic acids is 1. The van der Waals surface area contributed by atoms with E-state index in [1.54, 1.807) is 36.4 Å². The van der Waals surface area contributed by atoms with Gasteiger partial charge in [-0.3, -0.25) is 4.79 Å². The molecule has 0 atom stereocenters. The van der Waals surface area contributed by atoms with Crippen LogP contribution in [-0.2, 0) is 22.7 Å². The topological polar surface area (TPSA) is 105 Å². The molecule has 3 N–H and O–H groups in total. The lowest BCUT2D eigenvalue weighted by Gasteiger charge is -2.09. The first-order valence-corrected chi connectivity index (χ1v) is 10.9. The summed E-state index contributed by atoms with van der Waals surface area (Å²) < 4.78 is 15.7. The molecule has 2 aromatic carbocycles. The number of phenolic OH excluding ortho intramolecular Hbond substituents is 2. The molecular weight excluding hydrogens is 412 g/mol. The average molecular weight is 449 g/mol. The van der Waals surface area contributed by atoms with E-state index < -0.39 is 5.97 Å². The van der Waals surface area contributed by atoms with Crippen LogP contribution in [0.4, 0.5) is 0 Å². The first-order chi connectivity index (χ1) is 15.4. The number of hydrogen-bond acceptors (Lipinski definition) is 6. The zero-order valence-corrected chi connectivity index (χ0v) is 19.3. The lowest BCUT2D eigenvalue weighted by molar-refractivity contribution is -0.137. The van der Waals surface area contributed by atoms with Crippen molar-refractivity contribution >= 4 is 5.97 Å². The Labute approximate surface area is 190 Å². The molecule has 0 amide bonds. The maximum Gasteiger partial charge on any atom is 0.303 e. The number of carbonyl (C=O) groups is 1. The minimum Gasteiger partial charge on any atom is -0.504 e. The SMILES string of the molecule is CCCCCCCCC(=O)O.COc1cc(COCc2ccc(O)c(OC)c2)ccc1O. The van der Waals surface area contributed by atoms with Crippen LogP contribution in [0.25, 0.3) is 0 Å². The molecule has 0 heterocycles. The molecule has 0 aliphatic rings. The summed E-state index contributed by atoms with van der Waals surface area (Å²) in [7, 11) is 3.00. The van der Waals surface area contributed by atoms with Crippen molar-refractivity contribution in [2.45, 2.75) is 65.1 Å². The van der Waals surface area contributed by atoms with Gasteiger partial charge in [0, 0.05) is 6.42 Å². The highest BCUT2D eigenvalue weighted by molar-refractivity contribution is 5.66. The maximum atomic E-state index is 10.1. The molecule has 32 heavy (non-hydrogen) atoms. The maximum absolute atomic E-state index is 10.1. The van der Waals surface area contributed by atoms with E-state index in [2.05, 4.69) is 6.92 Å². The van der Waals surface area contributed by atoms with Gasteiger partial charge in [-0.25, -0.2) is 0 Å². The smallest absolute Gasteiger partial charge is 0.303 e. The fourth-order valence-electron chi connectivity index (χ4n) is 2.97. The third-order valence-corrected chi connectivity index (χ3v) is 4.77. The highest BCUT2D eigenvalue weighted by Crippen LogP contribution is 2.28. The van der Waals surface area contributed by atoms with Crippen molar-refractivity contribution in [3.8, 4) is 23.0 Å². The van der Waals surface area contributed by atoms with Gasteiger partial charge in [0.2, 0.25) is 0 Å². The van der Waals surface area contributed by atoms with Gasteiger partial charge in [-0.15, -0.1) is 0 Å². The Balaban J connectivity index is 0.000000396. The molecule has 0 unspecified atom stereocenters. The predicted molar refractivity (Wildman–Crippen MR) is 123 cm³/mol. The third kappa shape index (κ3) is 10.9. The second kappa shape index (κ2) is 15.8. The Morgan fingerprint density at radius 1 is 0.781 bits per heavy atom. The molecule has 7 nitrogen and oxygen atoms in total. The van der Waals surface area contributed by atoms with E-state index in [1.165, 1.54) is 39.9 Å². The van der Waals surface area contributed by atoms with E-state index in [4.69, 9.17) is 19.3 Å². The summed E-state index contributed by atoms with van der Waals surface area (Å²) in [6.45, 7) is 2.96. The van der Waals surface area contributed by atoms with Crippen molar-refractivity contribution in [1.82, 2.24) is 0 Å². The largest absolute Gasteiger partial charge is 0.504 e. The van der Waals surface area contributed by atoms with Crippen molar-refractivity contribution in [2.24, 2.45) is 0 Å². The van der Waals surface area contributed by atoms with Crippen molar-refractivity contribution in [2.75, 3.05) is 14.2 Å². The predicted octanol–water partition coefficient (Wildman–Crippen LogP) is 5.65. The van der Waals surface area contributed by atoms with Crippen LogP contribution in [0.3, 0.4) is 0 Å². The Hall–Kier alpha value is -2.93. The standard InChI is InChI=1S/C16H18O5.C9H18O2/c1-19-15-7-11(3-5-13(15)17)9-21-10-12-4-6-14(18)16(8-12)20-2;1-2-3-4-5-6-7-8-9(10)11/h3-8,17-18H,9-10H2,1-2H3;2-8H2,1H3,(H,10,11). The average Bonchev–Trinajstić information content (AvgIpc) is 2.78. The van der Waals surface area contributed by atoms with E-state index in [1.807, 2.05) is 0 Å². The molecule has 0 saturated carbocycles. The molecule has 7 heteroatoms. The number of rotatable bonds is 13. The summed E-state index contributed by atoms with van der Waals surface area (Å²) in [6, 6.07) is 10.1. The van der Waals surface area contributed by atoms with E-state index >= 15 is 0 Å². The van der Waals surface area contributed by atoms with Crippen molar-refractivity contribution in [1.29, 1.82) is 0 Å². The molecule has 0 aliphatic heterocycles.